The Hall–Kier alpha value is -8.60. The Morgan fingerprint density at radius 3 is 1.49 bits per heavy atom. The molecule has 1 aliphatic heterocycles. The molecule has 0 saturated carbocycles. The average Bonchev–Trinajstić information content (AvgIpc) is 3.90. The van der Waals surface area contributed by atoms with Gasteiger partial charge < -0.3 is 19.1 Å². The lowest BCUT2D eigenvalue weighted by molar-refractivity contribution is 0.669. The lowest BCUT2D eigenvalue weighted by Gasteiger charge is -2.45. The molecule has 2 aliphatic rings. The van der Waals surface area contributed by atoms with Gasteiger partial charge in [-0.1, -0.05) is 152 Å². The normalized spacial score (nSPS) is 13.0. The van der Waals surface area contributed by atoms with Crippen LogP contribution in [0.5, 0.6) is 0 Å². The van der Waals surface area contributed by atoms with Gasteiger partial charge in [0.05, 0.1) is 27.9 Å². The summed E-state index contributed by atoms with van der Waals surface area (Å²) in [4.78, 5) is 7.18. The molecule has 0 amide bonds. The van der Waals surface area contributed by atoms with Crippen LogP contribution in [0.1, 0.15) is 22.3 Å². The van der Waals surface area contributed by atoms with Crippen molar-refractivity contribution >= 4 is 73.1 Å². The summed E-state index contributed by atoms with van der Waals surface area (Å²) in [6.07, 6.45) is 0. The Bertz CT molecular complexity index is 3480. The highest BCUT2D eigenvalue weighted by molar-refractivity contribution is 6.14. The molecule has 306 valence electrons. The van der Waals surface area contributed by atoms with Gasteiger partial charge in [0.25, 0.3) is 0 Å². The highest BCUT2D eigenvalue weighted by Gasteiger charge is 2.51. The highest BCUT2D eigenvalue weighted by Crippen LogP contribution is 2.64. The molecule has 0 fully saturated rings. The number of para-hydroxylation sites is 5. The number of anilines is 9. The third-order valence-corrected chi connectivity index (χ3v) is 13.4. The molecular weight excluding hydrogens is 791 g/mol. The number of nitrogens with zero attached hydrogens (tertiary/aromatic N) is 3. The molecular formula is C61H41N3O. The minimum atomic E-state index is -0.541. The lowest BCUT2D eigenvalue weighted by atomic mass is 9.64. The number of rotatable bonds is 7. The number of benzene rings is 10. The van der Waals surface area contributed by atoms with E-state index in [1.165, 1.54) is 33.4 Å². The van der Waals surface area contributed by atoms with E-state index in [2.05, 4.69) is 263 Å². The minimum Gasteiger partial charge on any atom is -0.456 e. The maximum Gasteiger partial charge on any atom is 0.137 e. The first-order chi connectivity index (χ1) is 32.3. The fourth-order valence-electron chi connectivity index (χ4n) is 10.8. The van der Waals surface area contributed by atoms with Gasteiger partial charge in [0.15, 0.2) is 0 Å². The van der Waals surface area contributed by atoms with E-state index in [4.69, 9.17) is 4.42 Å². The molecule has 0 atom stereocenters. The molecule has 4 nitrogen and oxygen atoms in total. The molecule has 0 saturated heterocycles. The second-order valence-corrected chi connectivity index (χ2v) is 16.8. The van der Waals surface area contributed by atoms with E-state index >= 15 is 0 Å². The summed E-state index contributed by atoms with van der Waals surface area (Å²) in [6.45, 7) is 0. The highest BCUT2D eigenvalue weighted by atomic mass is 16.3. The van der Waals surface area contributed by atoms with Crippen molar-refractivity contribution in [3.63, 3.8) is 0 Å². The molecule has 10 aromatic carbocycles. The van der Waals surface area contributed by atoms with Gasteiger partial charge in [0.1, 0.15) is 11.2 Å². The van der Waals surface area contributed by atoms with Crippen LogP contribution in [0.4, 0.5) is 51.2 Å². The number of hydrogen-bond donors (Lipinski definition) is 0. The molecule has 0 N–H and O–H groups in total. The largest absolute Gasteiger partial charge is 0.456 e. The van der Waals surface area contributed by atoms with Crippen LogP contribution < -0.4 is 14.7 Å². The van der Waals surface area contributed by atoms with Crippen molar-refractivity contribution in [3.8, 4) is 11.1 Å². The maximum atomic E-state index is 6.74. The molecule has 0 bridgehead atoms. The van der Waals surface area contributed by atoms with Gasteiger partial charge in [0.2, 0.25) is 0 Å². The smallest absolute Gasteiger partial charge is 0.137 e. The summed E-state index contributed by atoms with van der Waals surface area (Å²) in [5, 5.41) is 2.09. The Morgan fingerprint density at radius 1 is 0.338 bits per heavy atom. The molecule has 0 unspecified atom stereocenters. The summed E-state index contributed by atoms with van der Waals surface area (Å²) in [5.41, 5.74) is 18.6. The van der Waals surface area contributed by atoms with E-state index in [9.17, 15) is 0 Å². The molecule has 65 heavy (non-hydrogen) atoms. The van der Waals surface area contributed by atoms with Crippen LogP contribution >= 0.6 is 0 Å². The predicted molar refractivity (Wildman–Crippen MR) is 269 cm³/mol. The summed E-state index contributed by atoms with van der Waals surface area (Å²) in [5.74, 6) is 0. The van der Waals surface area contributed by atoms with Crippen molar-refractivity contribution in [1.29, 1.82) is 0 Å². The van der Waals surface area contributed by atoms with Crippen molar-refractivity contribution in [2.75, 3.05) is 14.7 Å². The fourth-order valence-corrected chi connectivity index (χ4v) is 10.8. The summed E-state index contributed by atoms with van der Waals surface area (Å²) in [7, 11) is 0. The fraction of sp³-hybridized carbons (Fsp3) is 0.0164. The molecule has 1 spiro atoms. The van der Waals surface area contributed by atoms with Crippen LogP contribution in [-0.2, 0) is 5.41 Å². The zero-order valence-corrected chi connectivity index (χ0v) is 35.4. The van der Waals surface area contributed by atoms with E-state index in [1.807, 2.05) is 0 Å². The van der Waals surface area contributed by atoms with E-state index in [-0.39, 0.29) is 0 Å². The third kappa shape index (κ3) is 5.57. The number of furan rings is 1. The van der Waals surface area contributed by atoms with E-state index < -0.39 is 5.41 Å². The van der Waals surface area contributed by atoms with Crippen LogP contribution in [-0.4, -0.2) is 0 Å². The predicted octanol–water partition coefficient (Wildman–Crippen LogP) is 16.7. The molecule has 1 aromatic heterocycles. The molecule has 4 heteroatoms. The van der Waals surface area contributed by atoms with Gasteiger partial charge >= 0.3 is 0 Å². The quantitative estimate of drug-likeness (QED) is 0.160. The van der Waals surface area contributed by atoms with E-state index in [1.54, 1.807) is 0 Å². The first-order valence-electron chi connectivity index (χ1n) is 22.3. The van der Waals surface area contributed by atoms with Crippen LogP contribution in [0, 0.1) is 0 Å². The standard InChI is InChI=1S/C61H41N3O/c1-5-20-42(21-6-1)62(43-22-7-2-8-23-43)46-37-39-58-50(40-46)60-56(34-19-35-59(60)65-58)63(44-24-9-3-10-25-44)47-36-38-54-57(41-47)64(45-26-11-4-12-27-45)55-33-18-17-32-53(55)61(54)51-30-15-13-28-48(51)49-29-14-16-31-52(49)61/h1-41H. The van der Waals surface area contributed by atoms with Crippen LogP contribution in [0.15, 0.2) is 253 Å². The molecule has 13 rings (SSSR count). The second kappa shape index (κ2) is 14.8. The van der Waals surface area contributed by atoms with E-state index in [0.717, 1.165) is 73.1 Å². The zero-order valence-electron chi connectivity index (χ0n) is 35.4. The van der Waals surface area contributed by atoms with Crippen molar-refractivity contribution in [2.45, 2.75) is 5.41 Å². The summed E-state index contributed by atoms with van der Waals surface area (Å²) >= 11 is 0. The second-order valence-electron chi connectivity index (χ2n) is 16.8. The average molecular weight is 832 g/mol. The Balaban J connectivity index is 1.07. The third-order valence-electron chi connectivity index (χ3n) is 13.4. The number of fused-ring (bicyclic) bond motifs is 12. The Kier molecular flexibility index (Phi) is 8.40. The van der Waals surface area contributed by atoms with Crippen LogP contribution in [0.2, 0.25) is 0 Å². The molecule has 1 aliphatic carbocycles. The molecule has 11 aromatic rings. The monoisotopic (exact) mass is 831 g/mol. The summed E-state index contributed by atoms with van der Waals surface area (Å²) in [6, 6.07) is 89.8. The maximum absolute atomic E-state index is 6.74. The first-order valence-corrected chi connectivity index (χ1v) is 22.3. The first kappa shape index (κ1) is 37.0. The SMILES string of the molecule is c1ccc(N(c2ccccc2)c2ccc3oc4cccc(N(c5ccccc5)c5ccc6c(c5)N(c5ccccc5)c5ccccc5C65c6ccccc6-c6ccccc65)c4c3c2)cc1. The Labute approximate surface area is 378 Å². The molecule has 0 radical (unpaired) electrons. The topological polar surface area (TPSA) is 22.9 Å². The van der Waals surface area contributed by atoms with Gasteiger partial charge in [-0.3, -0.25) is 0 Å². The van der Waals surface area contributed by atoms with Gasteiger partial charge in [-0.05, 0) is 130 Å². The van der Waals surface area contributed by atoms with E-state index in [0.29, 0.717) is 0 Å². The van der Waals surface area contributed by atoms with Gasteiger partial charge in [-0.2, -0.15) is 0 Å². The van der Waals surface area contributed by atoms with Crippen LogP contribution in [0.25, 0.3) is 33.1 Å². The summed E-state index contributed by atoms with van der Waals surface area (Å²) < 4.78 is 6.74. The Morgan fingerprint density at radius 2 is 0.846 bits per heavy atom. The van der Waals surface area contributed by atoms with Gasteiger partial charge in [-0.15, -0.1) is 0 Å². The van der Waals surface area contributed by atoms with Gasteiger partial charge in [-0.25, -0.2) is 0 Å². The molecule has 2 heterocycles. The van der Waals surface area contributed by atoms with Crippen LogP contribution in [0.3, 0.4) is 0 Å². The van der Waals surface area contributed by atoms with Crippen molar-refractivity contribution in [2.24, 2.45) is 0 Å². The van der Waals surface area contributed by atoms with Crippen molar-refractivity contribution in [1.82, 2.24) is 0 Å². The van der Waals surface area contributed by atoms with Gasteiger partial charge in [0, 0.05) is 39.5 Å². The zero-order chi connectivity index (χ0) is 42.9. The number of hydrogen-bond acceptors (Lipinski definition) is 4. The van der Waals surface area contributed by atoms with Crippen molar-refractivity contribution < 1.29 is 4.42 Å². The van der Waals surface area contributed by atoms with Crippen molar-refractivity contribution in [3.05, 3.63) is 271 Å². The minimum absolute atomic E-state index is 0.541. The lowest BCUT2D eigenvalue weighted by Crippen LogP contribution is -2.36.